The van der Waals surface area contributed by atoms with Crippen LogP contribution in [0.4, 0.5) is 5.82 Å². The molecule has 1 aromatic rings. The van der Waals surface area contributed by atoms with Gasteiger partial charge in [0.15, 0.2) is 5.82 Å². The maximum atomic E-state index is 5.63. The fraction of sp³-hybridized carbons (Fsp3) is 0.556. The standard InChI is InChI=1S/C9H15N3O2S/c1-13-4-5-14-6-7-15-9-8(10)11-2-3-12-9/h2-3H,4-7H2,1H3,(H2,10,11). The second-order valence-electron chi connectivity index (χ2n) is 2.70. The summed E-state index contributed by atoms with van der Waals surface area (Å²) in [7, 11) is 1.65. The molecule has 2 N–H and O–H groups in total. The number of hydrogen-bond donors (Lipinski definition) is 1. The zero-order valence-electron chi connectivity index (χ0n) is 8.68. The van der Waals surface area contributed by atoms with E-state index < -0.39 is 0 Å². The van der Waals surface area contributed by atoms with Gasteiger partial charge in [-0.3, -0.25) is 0 Å². The van der Waals surface area contributed by atoms with Crippen LogP contribution in [0, 0.1) is 0 Å². The van der Waals surface area contributed by atoms with Crippen LogP contribution in [0.1, 0.15) is 0 Å². The number of aromatic nitrogens is 2. The molecule has 0 radical (unpaired) electrons. The van der Waals surface area contributed by atoms with Crippen molar-refractivity contribution in [1.29, 1.82) is 0 Å². The minimum absolute atomic E-state index is 0.472. The molecular weight excluding hydrogens is 214 g/mol. The van der Waals surface area contributed by atoms with E-state index in [2.05, 4.69) is 9.97 Å². The summed E-state index contributed by atoms with van der Waals surface area (Å²) < 4.78 is 10.2. The highest BCUT2D eigenvalue weighted by Crippen LogP contribution is 2.18. The topological polar surface area (TPSA) is 70.3 Å². The molecule has 0 saturated heterocycles. The normalized spacial score (nSPS) is 10.5. The van der Waals surface area contributed by atoms with Crippen LogP contribution in [0.15, 0.2) is 17.4 Å². The molecular formula is C9H15N3O2S. The van der Waals surface area contributed by atoms with E-state index in [4.69, 9.17) is 15.2 Å². The third-order valence-electron chi connectivity index (χ3n) is 1.59. The maximum absolute atomic E-state index is 5.63. The lowest BCUT2D eigenvalue weighted by Crippen LogP contribution is -2.05. The molecule has 1 heterocycles. The van der Waals surface area contributed by atoms with Crippen LogP contribution in [0.5, 0.6) is 0 Å². The van der Waals surface area contributed by atoms with Crippen LogP contribution in [0.3, 0.4) is 0 Å². The quantitative estimate of drug-likeness (QED) is 0.551. The molecule has 0 bridgehead atoms. The van der Waals surface area contributed by atoms with E-state index in [0.717, 1.165) is 10.8 Å². The van der Waals surface area contributed by atoms with E-state index in [9.17, 15) is 0 Å². The number of ether oxygens (including phenoxy) is 2. The zero-order chi connectivity index (χ0) is 10.9. The Hall–Kier alpha value is -0.850. The molecule has 0 aliphatic rings. The van der Waals surface area contributed by atoms with Crippen molar-refractivity contribution in [2.45, 2.75) is 5.03 Å². The molecule has 0 aromatic carbocycles. The number of rotatable bonds is 7. The average molecular weight is 229 g/mol. The predicted octanol–water partition coefficient (Wildman–Crippen LogP) is 0.814. The van der Waals surface area contributed by atoms with E-state index in [1.807, 2.05) is 0 Å². The first-order valence-electron chi connectivity index (χ1n) is 4.60. The van der Waals surface area contributed by atoms with Crippen LogP contribution >= 0.6 is 11.8 Å². The first kappa shape index (κ1) is 12.2. The Balaban J connectivity index is 2.12. The molecule has 0 atom stereocenters. The van der Waals surface area contributed by atoms with Gasteiger partial charge in [-0.25, -0.2) is 9.97 Å². The molecule has 84 valence electrons. The Morgan fingerprint density at radius 2 is 2.07 bits per heavy atom. The smallest absolute Gasteiger partial charge is 0.156 e. The molecule has 0 aliphatic heterocycles. The van der Waals surface area contributed by atoms with Gasteiger partial charge in [0.2, 0.25) is 0 Å². The van der Waals surface area contributed by atoms with Gasteiger partial charge in [-0.05, 0) is 0 Å². The van der Waals surface area contributed by atoms with Crippen molar-refractivity contribution in [3.8, 4) is 0 Å². The van der Waals surface area contributed by atoms with Crippen molar-refractivity contribution < 1.29 is 9.47 Å². The fourth-order valence-corrected chi connectivity index (χ4v) is 1.62. The summed E-state index contributed by atoms with van der Waals surface area (Å²) in [5, 5.41) is 0.757. The Morgan fingerprint density at radius 3 is 2.80 bits per heavy atom. The highest BCUT2D eigenvalue weighted by Gasteiger charge is 2.00. The van der Waals surface area contributed by atoms with Gasteiger partial charge in [-0.2, -0.15) is 0 Å². The van der Waals surface area contributed by atoms with E-state index in [1.54, 1.807) is 31.3 Å². The van der Waals surface area contributed by atoms with Crippen LogP contribution in [0.2, 0.25) is 0 Å². The van der Waals surface area contributed by atoms with Gasteiger partial charge in [-0.1, -0.05) is 0 Å². The minimum Gasteiger partial charge on any atom is -0.382 e. The third-order valence-corrected chi connectivity index (χ3v) is 2.55. The monoisotopic (exact) mass is 229 g/mol. The molecule has 0 unspecified atom stereocenters. The van der Waals surface area contributed by atoms with Crippen LogP contribution in [0.25, 0.3) is 0 Å². The summed E-state index contributed by atoms with van der Waals surface area (Å²) in [5.41, 5.74) is 5.63. The van der Waals surface area contributed by atoms with Gasteiger partial charge in [0.05, 0.1) is 19.8 Å². The number of methoxy groups -OCH3 is 1. The van der Waals surface area contributed by atoms with Gasteiger partial charge in [0, 0.05) is 25.3 Å². The molecule has 1 aromatic heterocycles. The lowest BCUT2D eigenvalue weighted by Gasteiger charge is -2.04. The third kappa shape index (κ3) is 4.96. The lowest BCUT2D eigenvalue weighted by atomic mass is 10.7. The SMILES string of the molecule is COCCOCCSc1nccnc1N. The van der Waals surface area contributed by atoms with Crippen molar-refractivity contribution >= 4 is 17.6 Å². The summed E-state index contributed by atoms with van der Waals surface area (Å²) in [4.78, 5) is 8.05. The van der Waals surface area contributed by atoms with Gasteiger partial charge in [0.25, 0.3) is 0 Å². The Bertz CT molecular complexity index is 286. The van der Waals surface area contributed by atoms with E-state index in [0.29, 0.717) is 25.6 Å². The molecule has 0 aliphatic carbocycles. The molecule has 1 rings (SSSR count). The summed E-state index contributed by atoms with van der Waals surface area (Å²) in [6, 6.07) is 0. The van der Waals surface area contributed by atoms with Crippen molar-refractivity contribution in [2.24, 2.45) is 0 Å². The van der Waals surface area contributed by atoms with Crippen molar-refractivity contribution in [3.63, 3.8) is 0 Å². The molecule has 6 heteroatoms. The number of thioether (sulfide) groups is 1. The first-order valence-corrected chi connectivity index (χ1v) is 5.59. The summed E-state index contributed by atoms with van der Waals surface area (Å²) in [6.07, 6.45) is 3.21. The van der Waals surface area contributed by atoms with Crippen LogP contribution in [-0.2, 0) is 9.47 Å². The molecule has 15 heavy (non-hydrogen) atoms. The van der Waals surface area contributed by atoms with Crippen LogP contribution in [-0.4, -0.2) is 42.7 Å². The van der Waals surface area contributed by atoms with Gasteiger partial charge >= 0.3 is 0 Å². The van der Waals surface area contributed by atoms with E-state index >= 15 is 0 Å². The van der Waals surface area contributed by atoms with Gasteiger partial charge in [0.1, 0.15) is 5.03 Å². The molecule has 0 spiro atoms. The lowest BCUT2D eigenvalue weighted by molar-refractivity contribution is 0.0790. The highest BCUT2D eigenvalue weighted by atomic mass is 32.2. The summed E-state index contributed by atoms with van der Waals surface area (Å²) in [5.74, 6) is 1.28. The van der Waals surface area contributed by atoms with Crippen molar-refractivity contribution in [1.82, 2.24) is 9.97 Å². The second-order valence-corrected chi connectivity index (χ2v) is 3.78. The zero-order valence-corrected chi connectivity index (χ0v) is 9.50. The molecule has 0 amide bonds. The Morgan fingerprint density at radius 1 is 1.27 bits per heavy atom. The molecule has 0 saturated carbocycles. The van der Waals surface area contributed by atoms with Gasteiger partial charge < -0.3 is 15.2 Å². The number of hydrogen-bond acceptors (Lipinski definition) is 6. The Labute approximate surface area is 93.4 Å². The fourth-order valence-electron chi connectivity index (χ4n) is 0.889. The minimum atomic E-state index is 0.472. The number of nitrogen functional groups attached to an aromatic ring is 1. The maximum Gasteiger partial charge on any atom is 0.156 e. The highest BCUT2D eigenvalue weighted by molar-refractivity contribution is 7.99. The summed E-state index contributed by atoms with van der Waals surface area (Å²) in [6.45, 7) is 1.90. The number of nitrogens with two attached hydrogens (primary N) is 1. The van der Waals surface area contributed by atoms with Crippen LogP contribution < -0.4 is 5.73 Å². The number of nitrogens with zero attached hydrogens (tertiary/aromatic N) is 2. The molecule has 5 nitrogen and oxygen atoms in total. The first-order chi connectivity index (χ1) is 7.34. The number of anilines is 1. The Kier molecular flexibility index (Phi) is 6.06. The van der Waals surface area contributed by atoms with Crippen molar-refractivity contribution in [2.75, 3.05) is 38.4 Å². The van der Waals surface area contributed by atoms with E-state index in [-0.39, 0.29) is 0 Å². The second kappa shape index (κ2) is 7.44. The average Bonchev–Trinajstić information content (AvgIpc) is 2.25. The molecule has 0 fully saturated rings. The summed E-state index contributed by atoms with van der Waals surface area (Å²) >= 11 is 1.54. The van der Waals surface area contributed by atoms with Crippen molar-refractivity contribution in [3.05, 3.63) is 12.4 Å². The van der Waals surface area contributed by atoms with E-state index in [1.165, 1.54) is 0 Å². The van der Waals surface area contributed by atoms with Gasteiger partial charge in [-0.15, -0.1) is 11.8 Å². The largest absolute Gasteiger partial charge is 0.382 e. The predicted molar refractivity (Wildman–Crippen MR) is 59.9 cm³/mol.